The zero-order chi connectivity index (χ0) is 8.55. The molecule has 0 N–H and O–H groups in total. The number of benzene rings is 1. The first kappa shape index (κ1) is 7.47. The fourth-order valence-corrected chi connectivity index (χ4v) is 1.33. The molecule has 2 rings (SSSR count). The van der Waals surface area contributed by atoms with Crippen molar-refractivity contribution in [1.29, 1.82) is 0 Å². The molecule has 0 spiro atoms. The SMILES string of the molecule is CCOc1cc2cc-2c1OCC. The molecule has 0 unspecified atom stereocenters. The third-order valence-electron chi connectivity index (χ3n) is 1.87. The van der Waals surface area contributed by atoms with Crippen LogP contribution < -0.4 is 9.47 Å². The van der Waals surface area contributed by atoms with E-state index < -0.39 is 0 Å². The summed E-state index contributed by atoms with van der Waals surface area (Å²) in [6.07, 6.45) is 0. The standard InChI is InChI=1S/C10H12O2/c1-3-11-9-6-7-5-8(7)10(9)12-4-2/h5-6H,3-4H2,1-2H3. The highest BCUT2D eigenvalue weighted by atomic mass is 16.5. The van der Waals surface area contributed by atoms with Gasteiger partial charge >= 0.3 is 0 Å². The maximum atomic E-state index is 5.46. The summed E-state index contributed by atoms with van der Waals surface area (Å²) < 4.78 is 10.9. The molecule has 0 saturated heterocycles. The van der Waals surface area contributed by atoms with E-state index in [4.69, 9.17) is 9.47 Å². The molecule has 0 amide bonds. The van der Waals surface area contributed by atoms with Crippen molar-refractivity contribution in [3.63, 3.8) is 0 Å². The van der Waals surface area contributed by atoms with Crippen molar-refractivity contribution in [2.24, 2.45) is 0 Å². The lowest BCUT2D eigenvalue weighted by Gasteiger charge is -2.05. The molecule has 2 heteroatoms. The summed E-state index contributed by atoms with van der Waals surface area (Å²) in [5, 5.41) is 0. The Morgan fingerprint density at radius 3 is 2.50 bits per heavy atom. The minimum absolute atomic E-state index is 0.697. The van der Waals surface area contributed by atoms with E-state index in [2.05, 4.69) is 6.07 Å². The topological polar surface area (TPSA) is 18.5 Å². The number of fused-ring (bicyclic) bond motifs is 1. The van der Waals surface area contributed by atoms with Gasteiger partial charge in [0.25, 0.3) is 0 Å². The second-order valence-electron chi connectivity index (χ2n) is 2.72. The highest BCUT2D eigenvalue weighted by molar-refractivity contribution is 5.91. The minimum atomic E-state index is 0.697. The molecule has 0 heterocycles. The summed E-state index contributed by atoms with van der Waals surface area (Å²) in [4.78, 5) is 0. The van der Waals surface area contributed by atoms with E-state index in [9.17, 15) is 0 Å². The predicted octanol–water partition coefficient (Wildman–Crippen LogP) is 2.46. The van der Waals surface area contributed by atoms with Crippen LogP contribution in [0, 0.1) is 0 Å². The van der Waals surface area contributed by atoms with Crippen molar-refractivity contribution in [2.75, 3.05) is 13.2 Å². The second-order valence-corrected chi connectivity index (χ2v) is 2.72. The van der Waals surface area contributed by atoms with Crippen LogP contribution >= 0.6 is 0 Å². The van der Waals surface area contributed by atoms with Crippen molar-refractivity contribution >= 4 is 0 Å². The van der Waals surface area contributed by atoms with Gasteiger partial charge in [0, 0.05) is 5.56 Å². The van der Waals surface area contributed by atoms with Gasteiger partial charge in [-0.25, -0.2) is 0 Å². The maximum absolute atomic E-state index is 5.46. The quantitative estimate of drug-likeness (QED) is 0.691. The van der Waals surface area contributed by atoms with Crippen LogP contribution in [0.1, 0.15) is 13.8 Å². The molecule has 2 aliphatic carbocycles. The lowest BCUT2D eigenvalue weighted by Crippen LogP contribution is -1.95. The summed E-state index contributed by atoms with van der Waals surface area (Å²) in [6.45, 7) is 5.36. The first-order chi connectivity index (χ1) is 5.86. The third-order valence-corrected chi connectivity index (χ3v) is 1.87. The van der Waals surface area contributed by atoms with E-state index in [1.54, 1.807) is 0 Å². The number of hydrogen-bond acceptors (Lipinski definition) is 2. The van der Waals surface area contributed by atoms with Crippen LogP contribution in [-0.2, 0) is 0 Å². The molecule has 0 radical (unpaired) electrons. The number of ether oxygens (including phenoxy) is 2. The van der Waals surface area contributed by atoms with E-state index in [1.807, 2.05) is 19.9 Å². The Morgan fingerprint density at radius 2 is 1.83 bits per heavy atom. The summed E-state index contributed by atoms with van der Waals surface area (Å²) in [5.41, 5.74) is 2.49. The molecule has 0 aromatic carbocycles. The number of rotatable bonds is 4. The minimum Gasteiger partial charge on any atom is -0.490 e. The Morgan fingerprint density at radius 1 is 1.08 bits per heavy atom. The first-order valence-corrected chi connectivity index (χ1v) is 4.30. The van der Waals surface area contributed by atoms with Crippen molar-refractivity contribution in [2.45, 2.75) is 13.8 Å². The van der Waals surface area contributed by atoms with Gasteiger partial charge in [0.15, 0.2) is 11.5 Å². The summed E-state index contributed by atoms with van der Waals surface area (Å²) in [7, 11) is 0. The van der Waals surface area contributed by atoms with E-state index in [-0.39, 0.29) is 0 Å². The van der Waals surface area contributed by atoms with Gasteiger partial charge in [-0.2, -0.15) is 0 Å². The molecule has 2 aliphatic rings. The Labute approximate surface area is 72.1 Å². The van der Waals surface area contributed by atoms with E-state index in [0.29, 0.717) is 13.2 Å². The Bertz CT molecular complexity index is 305. The predicted molar refractivity (Wildman–Crippen MR) is 47.8 cm³/mol. The Hall–Kier alpha value is -1.18. The molecule has 0 bridgehead atoms. The summed E-state index contributed by atoms with van der Waals surface area (Å²) in [6, 6.07) is 4.14. The average Bonchev–Trinajstić information content (AvgIpc) is 2.73. The lowest BCUT2D eigenvalue weighted by atomic mass is 10.5. The van der Waals surface area contributed by atoms with Gasteiger partial charge in [0.05, 0.1) is 13.2 Å². The molecule has 0 atom stereocenters. The maximum Gasteiger partial charge on any atom is 0.168 e. The van der Waals surface area contributed by atoms with Crippen LogP contribution in [0.3, 0.4) is 0 Å². The van der Waals surface area contributed by atoms with Gasteiger partial charge in [-0.15, -0.1) is 0 Å². The molecule has 0 saturated carbocycles. The van der Waals surface area contributed by atoms with Crippen molar-refractivity contribution in [3.8, 4) is 22.6 Å². The largest absolute Gasteiger partial charge is 0.490 e. The van der Waals surface area contributed by atoms with Gasteiger partial charge < -0.3 is 9.47 Å². The van der Waals surface area contributed by atoms with Crippen LogP contribution in [0.25, 0.3) is 11.1 Å². The summed E-state index contributed by atoms with van der Waals surface area (Å²) in [5.74, 6) is 1.82. The van der Waals surface area contributed by atoms with Gasteiger partial charge in [-0.05, 0) is 31.5 Å². The molecule has 0 aromatic rings. The fraction of sp³-hybridized carbons (Fsp3) is 0.400. The Kier molecular flexibility index (Phi) is 1.68. The molecular weight excluding hydrogens is 152 g/mol. The molecule has 0 aliphatic heterocycles. The molecular formula is C10H12O2. The third kappa shape index (κ3) is 1.04. The van der Waals surface area contributed by atoms with E-state index >= 15 is 0 Å². The molecule has 12 heavy (non-hydrogen) atoms. The molecule has 2 nitrogen and oxygen atoms in total. The summed E-state index contributed by atoms with van der Waals surface area (Å²) >= 11 is 0. The van der Waals surface area contributed by atoms with Crippen LogP contribution in [0.15, 0.2) is 12.1 Å². The zero-order valence-electron chi connectivity index (χ0n) is 7.39. The van der Waals surface area contributed by atoms with Crippen LogP contribution in [0.2, 0.25) is 0 Å². The zero-order valence-corrected chi connectivity index (χ0v) is 7.39. The highest BCUT2D eigenvalue weighted by Crippen LogP contribution is 2.51. The van der Waals surface area contributed by atoms with Crippen LogP contribution in [0.5, 0.6) is 11.5 Å². The average molecular weight is 164 g/mol. The van der Waals surface area contributed by atoms with E-state index in [0.717, 1.165) is 11.5 Å². The second kappa shape index (κ2) is 2.70. The Balaban J connectivity index is 2.20. The number of hydrogen-bond donors (Lipinski definition) is 0. The van der Waals surface area contributed by atoms with Gasteiger partial charge in [0.2, 0.25) is 0 Å². The normalized spacial score (nSPS) is 11.2. The van der Waals surface area contributed by atoms with Crippen molar-refractivity contribution in [3.05, 3.63) is 12.1 Å². The highest BCUT2D eigenvalue weighted by Gasteiger charge is 2.24. The van der Waals surface area contributed by atoms with Gasteiger partial charge in [-0.3, -0.25) is 0 Å². The molecule has 0 fully saturated rings. The fourth-order valence-electron chi connectivity index (χ4n) is 1.33. The van der Waals surface area contributed by atoms with Crippen LogP contribution in [-0.4, -0.2) is 13.2 Å². The smallest absolute Gasteiger partial charge is 0.168 e. The first-order valence-electron chi connectivity index (χ1n) is 4.30. The lowest BCUT2D eigenvalue weighted by molar-refractivity contribution is 0.291. The van der Waals surface area contributed by atoms with Crippen molar-refractivity contribution in [1.82, 2.24) is 0 Å². The van der Waals surface area contributed by atoms with Gasteiger partial charge in [-0.1, -0.05) is 0 Å². The van der Waals surface area contributed by atoms with Crippen molar-refractivity contribution < 1.29 is 9.47 Å². The van der Waals surface area contributed by atoms with Crippen LogP contribution in [0.4, 0.5) is 0 Å². The molecule has 64 valence electrons. The van der Waals surface area contributed by atoms with E-state index in [1.165, 1.54) is 11.1 Å². The van der Waals surface area contributed by atoms with Gasteiger partial charge in [0.1, 0.15) is 0 Å². The molecule has 0 aromatic heterocycles. The monoisotopic (exact) mass is 164 g/mol.